The van der Waals surface area contributed by atoms with Crippen molar-refractivity contribution in [3.63, 3.8) is 0 Å². The maximum atomic E-state index is 12.8. The Hall–Kier alpha value is -1.91. The molecule has 2 N–H and O–H groups in total. The summed E-state index contributed by atoms with van der Waals surface area (Å²) < 4.78 is 12.8. The Balaban J connectivity index is 2.81. The van der Waals surface area contributed by atoms with Crippen molar-refractivity contribution in [1.82, 2.24) is 5.32 Å². The zero-order valence-electron chi connectivity index (χ0n) is 11.2. The number of carboxylic acid groups (broad SMARTS) is 1. The Bertz CT molecular complexity index is 463. The standard InChI is InChI=1S/C14H18FNO3/c1-14(2,3)11(8-12(17)18)16-13(19)9-4-6-10(15)7-5-9/h4-7,11H,8H2,1-3H3,(H,16,19)(H,17,18). The fraction of sp³-hybridized carbons (Fsp3) is 0.429. The van der Waals surface area contributed by atoms with Gasteiger partial charge in [-0.3, -0.25) is 9.59 Å². The SMILES string of the molecule is CC(C)(C)C(CC(=O)O)NC(=O)c1ccc(F)cc1. The second-order valence-corrected chi connectivity index (χ2v) is 5.50. The van der Waals surface area contributed by atoms with Gasteiger partial charge in [-0.25, -0.2) is 4.39 Å². The highest BCUT2D eigenvalue weighted by Gasteiger charge is 2.28. The van der Waals surface area contributed by atoms with Gasteiger partial charge in [-0.05, 0) is 29.7 Å². The molecule has 19 heavy (non-hydrogen) atoms. The number of halogens is 1. The van der Waals surface area contributed by atoms with Crippen LogP contribution in [0.3, 0.4) is 0 Å². The van der Waals surface area contributed by atoms with E-state index in [2.05, 4.69) is 5.32 Å². The Morgan fingerprint density at radius 2 is 1.79 bits per heavy atom. The van der Waals surface area contributed by atoms with Gasteiger partial charge in [-0.2, -0.15) is 0 Å². The first-order valence-corrected chi connectivity index (χ1v) is 5.98. The molecule has 0 bridgehead atoms. The molecule has 1 rings (SSSR count). The molecule has 0 aliphatic carbocycles. The Morgan fingerprint density at radius 1 is 1.26 bits per heavy atom. The minimum absolute atomic E-state index is 0.156. The molecule has 0 saturated heterocycles. The predicted molar refractivity (Wildman–Crippen MR) is 69.4 cm³/mol. The van der Waals surface area contributed by atoms with Gasteiger partial charge in [-0.15, -0.1) is 0 Å². The summed E-state index contributed by atoms with van der Waals surface area (Å²) in [6.07, 6.45) is -0.156. The zero-order chi connectivity index (χ0) is 14.6. The first kappa shape index (κ1) is 15.1. The van der Waals surface area contributed by atoms with Crippen LogP contribution in [-0.4, -0.2) is 23.0 Å². The van der Waals surface area contributed by atoms with Crippen LogP contribution in [0, 0.1) is 11.2 Å². The van der Waals surface area contributed by atoms with Crippen LogP contribution in [0.15, 0.2) is 24.3 Å². The van der Waals surface area contributed by atoms with Gasteiger partial charge in [0, 0.05) is 11.6 Å². The number of rotatable bonds is 4. The average Bonchev–Trinajstić information content (AvgIpc) is 2.27. The summed E-state index contributed by atoms with van der Waals surface area (Å²) in [5, 5.41) is 11.5. The third kappa shape index (κ3) is 4.69. The molecule has 104 valence electrons. The summed E-state index contributed by atoms with van der Waals surface area (Å²) in [7, 11) is 0. The third-order valence-electron chi connectivity index (χ3n) is 2.84. The van der Waals surface area contributed by atoms with E-state index in [1.165, 1.54) is 24.3 Å². The second-order valence-electron chi connectivity index (χ2n) is 5.50. The van der Waals surface area contributed by atoms with Crippen molar-refractivity contribution in [2.45, 2.75) is 33.2 Å². The number of nitrogens with one attached hydrogen (secondary N) is 1. The third-order valence-corrected chi connectivity index (χ3v) is 2.84. The molecule has 0 saturated carbocycles. The molecule has 0 aliphatic heterocycles. The van der Waals surface area contributed by atoms with E-state index in [0.29, 0.717) is 5.56 Å². The Labute approximate surface area is 111 Å². The van der Waals surface area contributed by atoms with Gasteiger partial charge in [-0.1, -0.05) is 20.8 Å². The van der Waals surface area contributed by atoms with Gasteiger partial charge in [0.05, 0.1) is 6.42 Å². The monoisotopic (exact) mass is 267 g/mol. The number of carboxylic acids is 1. The summed E-state index contributed by atoms with van der Waals surface area (Å²) in [6.45, 7) is 5.56. The lowest BCUT2D eigenvalue weighted by Gasteiger charge is -2.30. The van der Waals surface area contributed by atoms with Crippen molar-refractivity contribution in [2.24, 2.45) is 5.41 Å². The van der Waals surface area contributed by atoms with Gasteiger partial charge in [0.1, 0.15) is 5.82 Å². The van der Waals surface area contributed by atoms with Crippen LogP contribution >= 0.6 is 0 Å². The van der Waals surface area contributed by atoms with Crippen LogP contribution in [0.5, 0.6) is 0 Å². The number of hydrogen-bond donors (Lipinski definition) is 2. The van der Waals surface area contributed by atoms with Crippen LogP contribution in [0.4, 0.5) is 4.39 Å². The molecule has 1 atom stereocenters. The van der Waals surface area contributed by atoms with Crippen molar-refractivity contribution in [3.8, 4) is 0 Å². The van der Waals surface area contributed by atoms with Crippen molar-refractivity contribution in [3.05, 3.63) is 35.6 Å². The maximum absolute atomic E-state index is 12.8. The number of aliphatic carboxylic acids is 1. The highest BCUT2D eigenvalue weighted by Crippen LogP contribution is 2.22. The van der Waals surface area contributed by atoms with Crippen LogP contribution in [0.25, 0.3) is 0 Å². The van der Waals surface area contributed by atoms with E-state index < -0.39 is 23.7 Å². The van der Waals surface area contributed by atoms with E-state index >= 15 is 0 Å². The number of carbonyl (C=O) groups is 2. The highest BCUT2D eigenvalue weighted by molar-refractivity contribution is 5.94. The first-order chi connectivity index (χ1) is 8.70. The summed E-state index contributed by atoms with van der Waals surface area (Å²) >= 11 is 0. The minimum atomic E-state index is -0.973. The molecule has 4 nitrogen and oxygen atoms in total. The number of carbonyl (C=O) groups excluding carboxylic acids is 1. The molecule has 1 amide bonds. The number of benzene rings is 1. The van der Waals surface area contributed by atoms with Crippen molar-refractivity contribution < 1.29 is 19.1 Å². The van der Waals surface area contributed by atoms with Gasteiger partial charge in [0.25, 0.3) is 5.91 Å². The summed E-state index contributed by atoms with van der Waals surface area (Å²) in [5.74, 6) is -1.80. The lowest BCUT2D eigenvalue weighted by molar-refractivity contribution is -0.138. The molecule has 0 radical (unpaired) electrons. The smallest absolute Gasteiger partial charge is 0.305 e. The molecule has 0 aromatic heterocycles. The van der Waals surface area contributed by atoms with Crippen LogP contribution < -0.4 is 5.32 Å². The van der Waals surface area contributed by atoms with E-state index in [0.717, 1.165) is 0 Å². The summed E-state index contributed by atoms with van der Waals surface area (Å²) in [6, 6.07) is 4.62. The molecular weight excluding hydrogens is 249 g/mol. The van der Waals surface area contributed by atoms with Gasteiger partial charge < -0.3 is 10.4 Å². The quantitative estimate of drug-likeness (QED) is 0.880. The fourth-order valence-corrected chi connectivity index (χ4v) is 1.59. The molecule has 1 unspecified atom stereocenters. The largest absolute Gasteiger partial charge is 0.481 e. The van der Waals surface area contributed by atoms with Gasteiger partial charge >= 0.3 is 5.97 Å². The molecule has 1 aromatic carbocycles. The Kier molecular flexibility index (Phi) is 4.64. The van der Waals surface area contributed by atoms with Gasteiger partial charge in [0.2, 0.25) is 0 Å². The van der Waals surface area contributed by atoms with E-state index in [-0.39, 0.29) is 11.8 Å². The second kappa shape index (κ2) is 5.82. The topological polar surface area (TPSA) is 66.4 Å². The molecule has 0 aliphatic rings. The van der Waals surface area contributed by atoms with Crippen molar-refractivity contribution in [1.29, 1.82) is 0 Å². The molecule has 0 spiro atoms. The van der Waals surface area contributed by atoms with Crippen molar-refractivity contribution >= 4 is 11.9 Å². The number of amides is 1. The summed E-state index contributed by atoms with van der Waals surface area (Å²) in [4.78, 5) is 22.8. The summed E-state index contributed by atoms with van der Waals surface area (Å²) in [5.41, 5.74) is -0.0744. The molecule has 0 heterocycles. The maximum Gasteiger partial charge on any atom is 0.305 e. The molecule has 0 fully saturated rings. The Morgan fingerprint density at radius 3 is 2.21 bits per heavy atom. The minimum Gasteiger partial charge on any atom is -0.481 e. The normalized spacial score (nSPS) is 12.8. The van der Waals surface area contributed by atoms with E-state index in [9.17, 15) is 14.0 Å². The molecule has 5 heteroatoms. The van der Waals surface area contributed by atoms with E-state index in [4.69, 9.17) is 5.11 Å². The fourth-order valence-electron chi connectivity index (χ4n) is 1.59. The predicted octanol–water partition coefficient (Wildman–Crippen LogP) is 2.44. The number of hydrogen-bond acceptors (Lipinski definition) is 2. The van der Waals surface area contributed by atoms with Crippen LogP contribution in [0.2, 0.25) is 0 Å². The van der Waals surface area contributed by atoms with Crippen LogP contribution in [0.1, 0.15) is 37.6 Å². The lowest BCUT2D eigenvalue weighted by atomic mass is 9.84. The van der Waals surface area contributed by atoms with E-state index in [1.807, 2.05) is 20.8 Å². The van der Waals surface area contributed by atoms with Gasteiger partial charge in [0.15, 0.2) is 0 Å². The van der Waals surface area contributed by atoms with Crippen molar-refractivity contribution in [2.75, 3.05) is 0 Å². The van der Waals surface area contributed by atoms with Crippen LogP contribution in [-0.2, 0) is 4.79 Å². The molecular formula is C14H18FNO3. The highest BCUT2D eigenvalue weighted by atomic mass is 19.1. The van der Waals surface area contributed by atoms with E-state index in [1.54, 1.807) is 0 Å². The lowest BCUT2D eigenvalue weighted by Crippen LogP contribution is -2.45. The first-order valence-electron chi connectivity index (χ1n) is 5.98. The molecule has 1 aromatic rings. The zero-order valence-corrected chi connectivity index (χ0v) is 11.2. The average molecular weight is 267 g/mol.